The Morgan fingerprint density at radius 2 is 1.69 bits per heavy atom. The van der Waals surface area contributed by atoms with Crippen LogP contribution in [0.4, 0.5) is 0 Å². The molecule has 0 aromatic carbocycles. The molecule has 1 N–H and O–H groups in total. The Morgan fingerprint density at radius 3 is 2.12 bits per heavy atom. The minimum atomic E-state index is -0.296. The number of hydrogen-bond acceptors (Lipinski definition) is 2. The average Bonchev–Trinajstić information content (AvgIpc) is 2.54. The summed E-state index contributed by atoms with van der Waals surface area (Å²) in [5.41, 5.74) is -0.249. The smallest absolute Gasteiger partial charge is 0.0942 e. The molecule has 0 heterocycles. The molecule has 1 saturated carbocycles. The van der Waals surface area contributed by atoms with Gasteiger partial charge in [0.2, 0.25) is 0 Å². The number of aliphatic hydroxyl groups is 1. The Bertz CT molecular complexity index is 183. The summed E-state index contributed by atoms with van der Waals surface area (Å²) in [4.78, 5) is 0. The van der Waals surface area contributed by atoms with E-state index in [1.54, 1.807) is 0 Å². The lowest BCUT2D eigenvalue weighted by atomic mass is 9.81. The van der Waals surface area contributed by atoms with Crippen LogP contribution in [-0.4, -0.2) is 23.4 Å². The molecule has 1 aliphatic carbocycles. The fraction of sp³-hybridized carbons (Fsp3) is 1.00. The van der Waals surface area contributed by atoms with E-state index in [0.717, 1.165) is 19.3 Å². The largest absolute Gasteiger partial charge is 0.390 e. The predicted molar refractivity (Wildman–Crippen MR) is 67.5 cm³/mol. The standard InChI is InChI=1S/C14H28O2/c1-4-12(3)13(15)14(16-5-2)10-8-6-7-9-11-14/h12-13,15H,4-11H2,1-3H3. The van der Waals surface area contributed by atoms with E-state index in [4.69, 9.17) is 4.74 Å². The van der Waals surface area contributed by atoms with E-state index in [-0.39, 0.29) is 11.7 Å². The van der Waals surface area contributed by atoms with Crippen LogP contribution in [0, 0.1) is 5.92 Å². The van der Waals surface area contributed by atoms with Gasteiger partial charge in [0.1, 0.15) is 0 Å². The first-order valence-electron chi connectivity index (χ1n) is 6.98. The first kappa shape index (κ1) is 14.0. The molecule has 96 valence electrons. The molecule has 16 heavy (non-hydrogen) atoms. The van der Waals surface area contributed by atoms with E-state index < -0.39 is 0 Å². The first-order valence-corrected chi connectivity index (χ1v) is 6.98. The van der Waals surface area contributed by atoms with Crippen molar-refractivity contribution in [1.82, 2.24) is 0 Å². The molecule has 2 atom stereocenters. The summed E-state index contributed by atoms with van der Waals surface area (Å²) < 4.78 is 5.99. The molecule has 0 aromatic rings. The fourth-order valence-corrected chi connectivity index (χ4v) is 2.88. The highest BCUT2D eigenvalue weighted by atomic mass is 16.5. The number of aliphatic hydroxyl groups excluding tert-OH is 1. The van der Waals surface area contributed by atoms with Crippen molar-refractivity contribution in [1.29, 1.82) is 0 Å². The molecule has 2 nitrogen and oxygen atoms in total. The third-order valence-electron chi connectivity index (χ3n) is 4.10. The Balaban J connectivity index is 2.75. The van der Waals surface area contributed by atoms with Crippen LogP contribution in [0.15, 0.2) is 0 Å². The maximum absolute atomic E-state index is 10.5. The third kappa shape index (κ3) is 3.21. The van der Waals surface area contributed by atoms with E-state index in [1.807, 2.05) is 6.92 Å². The van der Waals surface area contributed by atoms with E-state index >= 15 is 0 Å². The molecule has 2 heteroatoms. The lowest BCUT2D eigenvalue weighted by Crippen LogP contribution is -2.48. The van der Waals surface area contributed by atoms with Crippen molar-refractivity contribution in [3.05, 3.63) is 0 Å². The van der Waals surface area contributed by atoms with Gasteiger partial charge in [-0.2, -0.15) is 0 Å². The minimum absolute atomic E-state index is 0.249. The molecule has 2 unspecified atom stereocenters. The van der Waals surface area contributed by atoms with Crippen molar-refractivity contribution in [2.24, 2.45) is 5.92 Å². The molecular weight excluding hydrogens is 200 g/mol. The molecular formula is C14H28O2. The van der Waals surface area contributed by atoms with Crippen molar-refractivity contribution >= 4 is 0 Å². The van der Waals surface area contributed by atoms with Crippen molar-refractivity contribution in [3.63, 3.8) is 0 Å². The molecule has 0 saturated heterocycles. The second-order valence-corrected chi connectivity index (χ2v) is 5.24. The third-order valence-corrected chi connectivity index (χ3v) is 4.10. The summed E-state index contributed by atoms with van der Waals surface area (Å²) in [7, 11) is 0. The Kier molecular flexibility index (Phi) is 5.77. The van der Waals surface area contributed by atoms with Gasteiger partial charge in [0, 0.05) is 6.61 Å². The zero-order valence-corrected chi connectivity index (χ0v) is 11.2. The molecule has 1 aliphatic rings. The predicted octanol–water partition coefficient (Wildman–Crippen LogP) is 3.52. The van der Waals surface area contributed by atoms with Gasteiger partial charge in [-0.3, -0.25) is 0 Å². The van der Waals surface area contributed by atoms with Crippen molar-refractivity contribution < 1.29 is 9.84 Å². The van der Waals surface area contributed by atoms with Gasteiger partial charge in [0.25, 0.3) is 0 Å². The summed E-state index contributed by atoms with van der Waals surface area (Å²) in [6.07, 6.45) is 7.79. The van der Waals surface area contributed by atoms with Gasteiger partial charge in [-0.1, -0.05) is 46.0 Å². The van der Waals surface area contributed by atoms with Gasteiger partial charge in [-0.15, -0.1) is 0 Å². The molecule has 1 rings (SSSR count). The van der Waals surface area contributed by atoms with Crippen molar-refractivity contribution in [3.8, 4) is 0 Å². The Hall–Kier alpha value is -0.0800. The van der Waals surface area contributed by atoms with Crippen molar-refractivity contribution in [2.45, 2.75) is 77.4 Å². The van der Waals surface area contributed by atoms with Crippen LogP contribution in [0.25, 0.3) is 0 Å². The fourth-order valence-electron chi connectivity index (χ4n) is 2.88. The summed E-state index contributed by atoms with van der Waals surface area (Å²) in [5.74, 6) is 0.338. The summed E-state index contributed by atoms with van der Waals surface area (Å²) >= 11 is 0. The maximum Gasteiger partial charge on any atom is 0.0942 e. The van der Waals surface area contributed by atoms with Gasteiger partial charge in [-0.05, 0) is 25.7 Å². The van der Waals surface area contributed by atoms with Crippen LogP contribution in [0.2, 0.25) is 0 Å². The minimum Gasteiger partial charge on any atom is -0.390 e. The maximum atomic E-state index is 10.5. The number of rotatable bonds is 5. The zero-order valence-electron chi connectivity index (χ0n) is 11.2. The molecule has 1 fully saturated rings. The normalized spacial score (nSPS) is 24.8. The van der Waals surface area contributed by atoms with E-state index in [2.05, 4.69) is 13.8 Å². The first-order chi connectivity index (χ1) is 7.66. The number of hydrogen-bond donors (Lipinski definition) is 1. The highest BCUT2D eigenvalue weighted by Gasteiger charge is 2.40. The van der Waals surface area contributed by atoms with Crippen LogP contribution >= 0.6 is 0 Å². The quantitative estimate of drug-likeness (QED) is 0.729. The molecule has 0 amide bonds. The van der Waals surface area contributed by atoms with Crippen LogP contribution in [-0.2, 0) is 4.74 Å². The molecule has 0 aromatic heterocycles. The van der Waals surface area contributed by atoms with Crippen LogP contribution in [0.3, 0.4) is 0 Å². The van der Waals surface area contributed by atoms with Crippen LogP contribution < -0.4 is 0 Å². The Labute approximate surface area is 100 Å². The van der Waals surface area contributed by atoms with E-state index in [9.17, 15) is 5.11 Å². The van der Waals surface area contributed by atoms with Gasteiger partial charge in [0.15, 0.2) is 0 Å². The van der Waals surface area contributed by atoms with E-state index in [1.165, 1.54) is 25.7 Å². The molecule has 0 aliphatic heterocycles. The number of ether oxygens (including phenoxy) is 1. The summed E-state index contributed by atoms with van der Waals surface area (Å²) in [6, 6.07) is 0. The van der Waals surface area contributed by atoms with Gasteiger partial charge >= 0.3 is 0 Å². The Morgan fingerprint density at radius 1 is 1.12 bits per heavy atom. The lowest BCUT2D eigenvalue weighted by Gasteiger charge is -2.40. The average molecular weight is 228 g/mol. The topological polar surface area (TPSA) is 29.5 Å². The summed E-state index contributed by atoms with van der Waals surface area (Å²) in [6.45, 7) is 7.03. The van der Waals surface area contributed by atoms with Gasteiger partial charge in [-0.25, -0.2) is 0 Å². The van der Waals surface area contributed by atoms with Crippen LogP contribution in [0.5, 0.6) is 0 Å². The highest BCUT2D eigenvalue weighted by Crippen LogP contribution is 2.36. The SMILES string of the molecule is CCOC1(C(O)C(C)CC)CCCCCC1. The van der Waals surface area contributed by atoms with Crippen molar-refractivity contribution in [2.75, 3.05) is 6.61 Å². The van der Waals surface area contributed by atoms with Crippen LogP contribution in [0.1, 0.15) is 65.7 Å². The zero-order chi connectivity index (χ0) is 12.0. The summed E-state index contributed by atoms with van der Waals surface area (Å²) in [5, 5.41) is 10.5. The second-order valence-electron chi connectivity index (χ2n) is 5.24. The monoisotopic (exact) mass is 228 g/mol. The molecule has 0 radical (unpaired) electrons. The second kappa shape index (κ2) is 6.61. The molecule has 0 spiro atoms. The lowest BCUT2D eigenvalue weighted by molar-refractivity contribution is -0.145. The highest BCUT2D eigenvalue weighted by molar-refractivity contribution is 4.92. The van der Waals surface area contributed by atoms with Gasteiger partial charge < -0.3 is 9.84 Å². The van der Waals surface area contributed by atoms with E-state index in [0.29, 0.717) is 12.5 Å². The van der Waals surface area contributed by atoms with Gasteiger partial charge in [0.05, 0.1) is 11.7 Å². The molecule has 0 bridgehead atoms.